The van der Waals surface area contributed by atoms with E-state index >= 15 is 0 Å². The molecule has 0 radical (unpaired) electrons. The Morgan fingerprint density at radius 3 is 1.04 bits per heavy atom. The summed E-state index contributed by atoms with van der Waals surface area (Å²) in [6.45, 7) is 5.93. The Labute approximate surface area is 329 Å². The number of hydrogen-bond acceptors (Lipinski definition) is 2. The van der Waals surface area contributed by atoms with Gasteiger partial charge in [0, 0.05) is 11.1 Å². The monoisotopic (exact) mass is 730 g/mol. The topological polar surface area (TPSA) is 18.5 Å². The normalized spacial score (nSPS) is 12.2. The minimum absolute atomic E-state index is 0.687. The molecule has 0 N–H and O–H groups in total. The molecule has 0 amide bonds. The van der Waals surface area contributed by atoms with Gasteiger partial charge in [0.25, 0.3) is 0 Å². The minimum atomic E-state index is 0.687. The van der Waals surface area contributed by atoms with Gasteiger partial charge in [0.05, 0.1) is 13.2 Å². The van der Waals surface area contributed by atoms with Crippen LogP contribution in [0.15, 0.2) is 121 Å². The predicted molar refractivity (Wildman–Crippen MR) is 243 cm³/mol. The van der Waals surface area contributed by atoms with E-state index in [4.69, 9.17) is 9.47 Å². The summed E-state index contributed by atoms with van der Waals surface area (Å²) < 4.78 is 14.2. The van der Waals surface area contributed by atoms with E-state index in [1.54, 1.807) is 0 Å². The van der Waals surface area contributed by atoms with Crippen molar-refractivity contribution < 1.29 is 9.47 Å². The van der Waals surface area contributed by atoms with Crippen LogP contribution in [0.2, 0.25) is 0 Å². The molecule has 0 unspecified atom stereocenters. The van der Waals surface area contributed by atoms with Gasteiger partial charge in [0.2, 0.25) is 0 Å². The van der Waals surface area contributed by atoms with Gasteiger partial charge in [0.1, 0.15) is 11.5 Å². The number of fused-ring (bicyclic) bond motifs is 4. The maximum absolute atomic E-state index is 7.09. The highest BCUT2D eigenvalue weighted by Crippen LogP contribution is 2.53. The average molecular weight is 731 g/mol. The van der Waals surface area contributed by atoms with Gasteiger partial charge in [0.15, 0.2) is 0 Å². The smallest absolute Gasteiger partial charge is 0.128 e. The number of ether oxygens (including phenoxy) is 2. The highest BCUT2D eigenvalue weighted by Gasteiger charge is 2.26. The van der Waals surface area contributed by atoms with Crippen LogP contribution in [0.25, 0.3) is 97.3 Å². The fourth-order valence-electron chi connectivity index (χ4n) is 9.89. The maximum Gasteiger partial charge on any atom is 0.128 e. The van der Waals surface area contributed by atoms with Gasteiger partial charge >= 0.3 is 0 Å². The van der Waals surface area contributed by atoms with Crippen LogP contribution >= 0.6 is 0 Å². The van der Waals surface area contributed by atoms with Crippen molar-refractivity contribution in [3.8, 4) is 22.6 Å². The standard InChI is InChI=1S/C54H50O2/c1-3-5-7-9-11-31-55-47-33-45-41-25-15-21-35-19-13-23-37(49(35)41)39-27-17-29-43(51(39)45)53(47)54-44-30-18-28-40-38-24-14-20-36-22-16-26-42(50(36)38)46(52(40)44)34-48(54)56-32-12-10-8-6-4-2/h13-30,33-34H,3-12,31-32H2,1-2H3. The van der Waals surface area contributed by atoms with Crippen LogP contribution in [0.3, 0.4) is 0 Å². The first kappa shape index (κ1) is 34.9. The van der Waals surface area contributed by atoms with Crippen LogP contribution in [-0.4, -0.2) is 13.2 Å². The Bertz CT molecular complexity index is 2790. The molecule has 0 aromatic heterocycles. The second-order valence-corrected chi connectivity index (χ2v) is 16.0. The fourth-order valence-corrected chi connectivity index (χ4v) is 9.89. The van der Waals surface area contributed by atoms with Gasteiger partial charge < -0.3 is 9.47 Å². The van der Waals surface area contributed by atoms with Crippen molar-refractivity contribution in [1.82, 2.24) is 0 Å². The van der Waals surface area contributed by atoms with Crippen molar-refractivity contribution in [2.75, 3.05) is 13.2 Å². The Morgan fingerprint density at radius 2 is 0.643 bits per heavy atom. The van der Waals surface area contributed by atoms with Crippen molar-refractivity contribution in [1.29, 1.82) is 0 Å². The highest BCUT2D eigenvalue weighted by molar-refractivity contribution is 6.37. The molecule has 0 fully saturated rings. The molecule has 278 valence electrons. The first-order valence-electron chi connectivity index (χ1n) is 21.3. The summed E-state index contributed by atoms with van der Waals surface area (Å²) in [5.74, 6) is 1.90. The Balaban J connectivity index is 1.29. The quantitative estimate of drug-likeness (QED) is 0.0594. The van der Waals surface area contributed by atoms with Gasteiger partial charge in [-0.2, -0.15) is 0 Å². The third-order valence-corrected chi connectivity index (χ3v) is 12.5. The first-order chi connectivity index (χ1) is 27.8. The molecule has 10 aromatic rings. The molecule has 0 saturated heterocycles. The van der Waals surface area contributed by atoms with Gasteiger partial charge in [-0.1, -0.05) is 174 Å². The second kappa shape index (κ2) is 14.8. The van der Waals surface area contributed by atoms with Crippen LogP contribution in [0, 0.1) is 0 Å². The molecular weight excluding hydrogens is 681 g/mol. The maximum atomic E-state index is 7.09. The summed E-state index contributed by atoms with van der Waals surface area (Å²) in [6, 6.07) is 45.6. The van der Waals surface area contributed by atoms with Crippen LogP contribution in [-0.2, 0) is 0 Å². The molecule has 0 atom stereocenters. The molecule has 0 bridgehead atoms. The van der Waals surface area contributed by atoms with Gasteiger partial charge in [-0.05, 0) is 111 Å². The lowest BCUT2D eigenvalue weighted by molar-refractivity contribution is 0.302. The molecule has 10 aromatic carbocycles. The molecule has 0 saturated carbocycles. The lowest BCUT2D eigenvalue weighted by atomic mass is 9.83. The Morgan fingerprint density at radius 1 is 0.321 bits per heavy atom. The third-order valence-electron chi connectivity index (χ3n) is 12.5. The summed E-state index contributed by atoms with van der Waals surface area (Å²) in [7, 11) is 0. The highest BCUT2D eigenvalue weighted by atomic mass is 16.5. The van der Waals surface area contributed by atoms with E-state index in [1.807, 2.05) is 0 Å². The van der Waals surface area contributed by atoms with E-state index in [-0.39, 0.29) is 0 Å². The second-order valence-electron chi connectivity index (χ2n) is 16.0. The zero-order chi connectivity index (χ0) is 37.6. The summed E-state index contributed by atoms with van der Waals surface area (Å²) in [5, 5.41) is 20.5. The van der Waals surface area contributed by atoms with Gasteiger partial charge in [-0.15, -0.1) is 0 Å². The van der Waals surface area contributed by atoms with Crippen LogP contribution < -0.4 is 9.47 Å². The lowest BCUT2D eigenvalue weighted by Gasteiger charge is -2.24. The fraction of sp³-hybridized carbons (Fsp3) is 0.259. The van der Waals surface area contributed by atoms with Gasteiger partial charge in [-0.3, -0.25) is 0 Å². The van der Waals surface area contributed by atoms with E-state index in [0.29, 0.717) is 13.2 Å². The molecule has 2 nitrogen and oxygen atoms in total. The molecule has 0 spiro atoms. The van der Waals surface area contributed by atoms with Crippen LogP contribution in [0.1, 0.15) is 78.1 Å². The summed E-state index contributed by atoms with van der Waals surface area (Å²) in [4.78, 5) is 0. The van der Waals surface area contributed by atoms with E-state index < -0.39 is 0 Å². The SMILES string of the molecule is CCCCCCCOc1cc2c3cccc4cccc(c5cccc(c1-c1c(OCCCCCCC)cc6c7cccc8cccc(c9cccc1c96)c87)c52)c43. The molecular formula is C54H50O2. The van der Waals surface area contributed by atoms with E-state index in [0.717, 1.165) is 35.5 Å². The molecule has 0 aliphatic rings. The summed E-state index contributed by atoms with van der Waals surface area (Å²) in [6.07, 6.45) is 11.9. The third kappa shape index (κ3) is 5.68. The lowest BCUT2D eigenvalue weighted by Crippen LogP contribution is -2.04. The van der Waals surface area contributed by atoms with E-state index in [9.17, 15) is 0 Å². The Hall–Kier alpha value is -5.60. The molecule has 2 heteroatoms. The van der Waals surface area contributed by atoms with Gasteiger partial charge in [-0.25, -0.2) is 0 Å². The van der Waals surface area contributed by atoms with Crippen LogP contribution in [0.5, 0.6) is 11.5 Å². The predicted octanol–water partition coefficient (Wildman–Crippen LogP) is 16.2. The van der Waals surface area contributed by atoms with E-state index in [1.165, 1.54) is 138 Å². The molecule has 0 aliphatic carbocycles. The number of benzene rings is 10. The first-order valence-corrected chi connectivity index (χ1v) is 21.3. The van der Waals surface area contributed by atoms with E-state index in [2.05, 4.69) is 135 Å². The average Bonchev–Trinajstić information content (AvgIpc) is 3.24. The van der Waals surface area contributed by atoms with Crippen molar-refractivity contribution in [3.05, 3.63) is 121 Å². The molecule has 56 heavy (non-hydrogen) atoms. The number of rotatable bonds is 15. The number of unbranched alkanes of at least 4 members (excludes halogenated alkanes) is 8. The van der Waals surface area contributed by atoms with Crippen molar-refractivity contribution in [2.45, 2.75) is 78.1 Å². The summed E-state index contributed by atoms with van der Waals surface area (Å²) in [5.41, 5.74) is 2.29. The van der Waals surface area contributed by atoms with Crippen molar-refractivity contribution in [3.63, 3.8) is 0 Å². The Kier molecular flexibility index (Phi) is 9.22. The minimum Gasteiger partial charge on any atom is -0.493 e. The largest absolute Gasteiger partial charge is 0.493 e. The zero-order valence-corrected chi connectivity index (χ0v) is 32.8. The van der Waals surface area contributed by atoms with Crippen LogP contribution in [0.4, 0.5) is 0 Å². The molecule has 10 rings (SSSR count). The molecule has 0 aliphatic heterocycles. The summed E-state index contributed by atoms with van der Waals surface area (Å²) >= 11 is 0. The van der Waals surface area contributed by atoms with Crippen molar-refractivity contribution >= 4 is 86.2 Å². The van der Waals surface area contributed by atoms with Crippen molar-refractivity contribution in [2.24, 2.45) is 0 Å². The molecule has 0 heterocycles. The number of hydrogen-bond donors (Lipinski definition) is 0. The zero-order valence-electron chi connectivity index (χ0n) is 32.8.